The van der Waals surface area contributed by atoms with Gasteiger partial charge in [0.25, 0.3) is 0 Å². The van der Waals surface area contributed by atoms with Gasteiger partial charge in [-0.15, -0.1) is 0 Å². The number of rotatable bonds is 2. The summed E-state index contributed by atoms with van der Waals surface area (Å²) in [7, 11) is 0. The van der Waals surface area contributed by atoms with Crippen molar-refractivity contribution in [2.75, 3.05) is 23.7 Å². The maximum Gasteiger partial charge on any atom is 0.404 e. The van der Waals surface area contributed by atoms with Crippen molar-refractivity contribution in [2.24, 2.45) is 5.73 Å². The topological polar surface area (TPSA) is 112 Å². The van der Waals surface area contributed by atoms with Gasteiger partial charge in [0.2, 0.25) is 0 Å². The summed E-state index contributed by atoms with van der Waals surface area (Å²) in [6.07, 6.45) is 2.16. The van der Waals surface area contributed by atoms with Crippen molar-refractivity contribution in [1.82, 2.24) is 14.6 Å². The molecule has 1 aliphatic rings. The molecule has 3 heterocycles. The third-order valence-electron chi connectivity index (χ3n) is 3.52. The molecule has 0 aliphatic carbocycles. The smallest absolute Gasteiger partial charge is 0.404 e. The number of aromatic nitrogens is 3. The first kappa shape index (κ1) is 13.9. The molecule has 0 bridgehead atoms. The first-order valence-corrected chi connectivity index (χ1v) is 7.34. The molecule has 9 heteroatoms. The number of ether oxygens (including phenoxy) is 1. The van der Waals surface area contributed by atoms with Crippen molar-refractivity contribution < 1.29 is 9.53 Å². The second-order valence-corrected chi connectivity index (χ2v) is 5.72. The Labute approximate surface area is 129 Å². The van der Waals surface area contributed by atoms with Gasteiger partial charge in [-0.1, -0.05) is 0 Å². The molecule has 0 radical (unpaired) electrons. The number of fused-ring (bicyclic) bond motifs is 1. The summed E-state index contributed by atoms with van der Waals surface area (Å²) in [4.78, 5) is 17.1. The lowest BCUT2D eigenvalue weighted by Gasteiger charge is -2.33. The summed E-state index contributed by atoms with van der Waals surface area (Å²) >= 11 is 3.46. The highest BCUT2D eigenvalue weighted by molar-refractivity contribution is 9.10. The minimum absolute atomic E-state index is 0.212. The normalized spacial score (nSPS) is 18.9. The van der Waals surface area contributed by atoms with Crippen molar-refractivity contribution in [3.05, 3.63) is 17.0 Å². The summed E-state index contributed by atoms with van der Waals surface area (Å²) < 4.78 is 7.59. The average molecular weight is 355 g/mol. The molecule has 1 aliphatic heterocycles. The van der Waals surface area contributed by atoms with Crippen LogP contribution in [0.25, 0.3) is 5.52 Å². The SMILES string of the molecule is NC(=O)OC1CCCN(c2cc(Br)n3ncnc(N)c23)C1. The molecule has 0 aromatic carbocycles. The van der Waals surface area contributed by atoms with E-state index in [4.69, 9.17) is 16.2 Å². The van der Waals surface area contributed by atoms with E-state index in [0.717, 1.165) is 35.2 Å². The van der Waals surface area contributed by atoms with E-state index in [1.54, 1.807) is 4.52 Å². The Bertz CT molecular complexity index is 688. The molecule has 1 amide bonds. The van der Waals surface area contributed by atoms with Gasteiger partial charge in [0, 0.05) is 6.54 Å². The molecule has 2 aromatic heterocycles. The van der Waals surface area contributed by atoms with Gasteiger partial charge < -0.3 is 21.1 Å². The third-order valence-corrected chi connectivity index (χ3v) is 4.09. The van der Waals surface area contributed by atoms with Crippen LogP contribution in [0.2, 0.25) is 0 Å². The fourth-order valence-corrected chi connectivity index (χ4v) is 3.16. The molecule has 21 heavy (non-hydrogen) atoms. The Balaban J connectivity index is 1.95. The fraction of sp³-hybridized carbons (Fsp3) is 0.417. The van der Waals surface area contributed by atoms with E-state index >= 15 is 0 Å². The zero-order chi connectivity index (χ0) is 15.0. The van der Waals surface area contributed by atoms with E-state index in [9.17, 15) is 4.79 Å². The number of hydrogen-bond donors (Lipinski definition) is 2. The Kier molecular flexibility index (Phi) is 3.58. The Hall–Kier alpha value is -2.03. The van der Waals surface area contributed by atoms with Crippen LogP contribution >= 0.6 is 15.9 Å². The lowest BCUT2D eigenvalue weighted by Crippen LogP contribution is -2.41. The number of anilines is 2. The van der Waals surface area contributed by atoms with Gasteiger partial charge in [-0.25, -0.2) is 14.3 Å². The number of amides is 1. The third kappa shape index (κ3) is 2.60. The highest BCUT2D eigenvalue weighted by atomic mass is 79.9. The second-order valence-electron chi connectivity index (χ2n) is 4.91. The summed E-state index contributed by atoms with van der Waals surface area (Å²) in [5.41, 5.74) is 12.7. The van der Waals surface area contributed by atoms with Crippen LogP contribution < -0.4 is 16.4 Å². The highest BCUT2D eigenvalue weighted by Crippen LogP contribution is 2.33. The summed E-state index contributed by atoms with van der Waals surface area (Å²) in [5.74, 6) is 0.406. The predicted octanol–water partition coefficient (Wildman–Crippen LogP) is 1.14. The van der Waals surface area contributed by atoms with E-state index in [0.29, 0.717) is 12.4 Å². The molecule has 3 rings (SSSR count). The van der Waals surface area contributed by atoms with Gasteiger partial charge in [0.1, 0.15) is 22.6 Å². The van der Waals surface area contributed by atoms with Crippen LogP contribution in [0.1, 0.15) is 12.8 Å². The van der Waals surface area contributed by atoms with Gasteiger partial charge in [-0.2, -0.15) is 5.10 Å². The van der Waals surface area contributed by atoms with Crippen LogP contribution in [-0.4, -0.2) is 39.9 Å². The Morgan fingerprint density at radius 3 is 3.10 bits per heavy atom. The van der Waals surface area contributed by atoms with Gasteiger partial charge in [-0.05, 0) is 34.8 Å². The van der Waals surface area contributed by atoms with Gasteiger partial charge in [0.15, 0.2) is 5.82 Å². The first-order chi connectivity index (χ1) is 10.1. The van der Waals surface area contributed by atoms with E-state index in [2.05, 4.69) is 30.9 Å². The lowest BCUT2D eigenvalue weighted by molar-refractivity contribution is 0.0966. The maximum atomic E-state index is 10.9. The number of primary amides is 1. The molecule has 1 atom stereocenters. The summed E-state index contributed by atoms with van der Waals surface area (Å²) in [5, 5.41) is 4.17. The van der Waals surface area contributed by atoms with Crippen LogP contribution in [0.4, 0.5) is 16.3 Å². The molecule has 2 aromatic rings. The van der Waals surface area contributed by atoms with Crippen LogP contribution in [0.3, 0.4) is 0 Å². The van der Waals surface area contributed by atoms with Crippen molar-refractivity contribution in [1.29, 1.82) is 0 Å². The average Bonchev–Trinajstić information content (AvgIpc) is 2.77. The molecule has 4 N–H and O–H groups in total. The largest absolute Gasteiger partial charge is 0.445 e. The van der Waals surface area contributed by atoms with Crippen LogP contribution in [-0.2, 0) is 4.74 Å². The number of carbonyl (C=O) groups is 1. The van der Waals surface area contributed by atoms with Gasteiger partial charge in [-0.3, -0.25) is 0 Å². The van der Waals surface area contributed by atoms with Crippen LogP contribution in [0.15, 0.2) is 17.0 Å². The van der Waals surface area contributed by atoms with Crippen molar-refractivity contribution in [3.8, 4) is 0 Å². The van der Waals surface area contributed by atoms with Crippen molar-refractivity contribution in [3.63, 3.8) is 0 Å². The molecular weight excluding hydrogens is 340 g/mol. The van der Waals surface area contributed by atoms with Crippen LogP contribution in [0, 0.1) is 0 Å². The molecule has 1 saturated heterocycles. The number of nitrogen functional groups attached to an aromatic ring is 1. The summed E-state index contributed by atoms with van der Waals surface area (Å²) in [6, 6.07) is 1.94. The standard InChI is InChI=1S/C12H15BrN6O2/c13-9-4-8(10-11(14)16-6-17-19(9)10)18-3-1-2-7(5-18)21-12(15)20/h4,6-7H,1-3,5H2,(H2,15,20)(H2,14,16,17). The molecule has 0 spiro atoms. The Morgan fingerprint density at radius 2 is 2.33 bits per heavy atom. The highest BCUT2D eigenvalue weighted by Gasteiger charge is 2.26. The summed E-state index contributed by atoms with van der Waals surface area (Å²) in [6.45, 7) is 1.42. The molecule has 112 valence electrons. The van der Waals surface area contributed by atoms with E-state index in [1.807, 2.05) is 6.07 Å². The molecular formula is C12H15BrN6O2. The minimum atomic E-state index is -0.743. The number of piperidine rings is 1. The molecule has 8 nitrogen and oxygen atoms in total. The molecule has 1 fully saturated rings. The van der Waals surface area contributed by atoms with Gasteiger partial charge >= 0.3 is 6.09 Å². The lowest BCUT2D eigenvalue weighted by atomic mass is 10.1. The second kappa shape index (κ2) is 5.40. The number of halogens is 1. The van der Waals surface area contributed by atoms with Gasteiger partial charge in [0.05, 0.1) is 12.2 Å². The Morgan fingerprint density at radius 1 is 1.52 bits per heavy atom. The number of nitrogens with zero attached hydrogens (tertiary/aromatic N) is 4. The van der Waals surface area contributed by atoms with E-state index in [-0.39, 0.29) is 6.10 Å². The first-order valence-electron chi connectivity index (χ1n) is 6.55. The molecule has 0 saturated carbocycles. The fourth-order valence-electron chi connectivity index (χ4n) is 2.67. The monoisotopic (exact) mass is 354 g/mol. The van der Waals surface area contributed by atoms with Crippen LogP contribution in [0.5, 0.6) is 0 Å². The number of carbonyl (C=O) groups excluding carboxylic acids is 1. The zero-order valence-corrected chi connectivity index (χ0v) is 12.8. The molecule has 1 unspecified atom stereocenters. The van der Waals surface area contributed by atoms with Crippen molar-refractivity contribution in [2.45, 2.75) is 18.9 Å². The number of hydrogen-bond acceptors (Lipinski definition) is 6. The maximum absolute atomic E-state index is 10.9. The number of nitrogens with two attached hydrogens (primary N) is 2. The zero-order valence-electron chi connectivity index (χ0n) is 11.2. The minimum Gasteiger partial charge on any atom is -0.445 e. The van der Waals surface area contributed by atoms with E-state index in [1.165, 1.54) is 6.33 Å². The van der Waals surface area contributed by atoms with E-state index < -0.39 is 6.09 Å². The predicted molar refractivity (Wildman–Crippen MR) is 81.0 cm³/mol. The quantitative estimate of drug-likeness (QED) is 0.836. The van der Waals surface area contributed by atoms with Crippen molar-refractivity contribution >= 4 is 39.0 Å².